The zero-order valence-corrected chi connectivity index (χ0v) is 22.1. The Morgan fingerprint density at radius 1 is 0.951 bits per heavy atom. The number of rotatable bonds is 11. The zero-order chi connectivity index (χ0) is 27.9. The lowest BCUT2D eigenvalue weighted by Gasteiger charge is -2.17. The van der Waals surface area contributed by atoms with Gasteiger partial charge in [0.1, 0.15) is 30.5 Å². The van der Waals surface area contributed by atoms with Gasteiger partial charge in [-0.25, -0.2) is 4.98 Å². The molecule has 1 N–H and O–H groups in total. The molecule has 5 aromatic rings. The fourth-order valence-electron chi connectivity index (χ4n) is 4.45. The van der Waals surface area contributed by atoms with Crippen molar-refractivity contribution in [2.45, 2.75) is 32.7 Å². The molecule has 0 unspecified atom stereocenters. The van der Waals surface area contributed by atoms with Gasteiger partial charge in [0.25, 0.3) is 0 Å². The Bertz CT molecular complexity index is 1730. The van der Waals surface area contributed by atoms with Crippen molar-refractivity contribution in [1.29, 1.82) is 5.26 Å². The number of tetrazole rings is 1. The Labute approximate surface area is 236 Å². The summed E-state index contributed by atoms with van der Waals surface area (Å²) in [6, 6.07) is 25.7. The maximum absolute atomic E-state index is 8.92. The van der Waals surface area contributed by atoms with Gasteiger partial charge in [-0.2, -0.15) is 10.5 Å². The first-order valence-electron chi connectivity index (χ1n) is 13.2. The number of benzene rings is 3. The summed E-state index contributed by atoms with van der Waals surface area (Å²) in [5, 5.41) is 24.0. The smallest absolute Gasteiger partial charge is 0.239 e. The third kappa shape index (κ3) is 6.32. The molecular weight excluding hydrogens is 520 g/mol. The Hall–Kier alpha value is -5.27. The molecule has 1 aliphatic rings. The van der Waals surface area contributed by atoms with Crippen molar-refractivity contribution < 1.29 is 18.9 Å². The van der Waals surface area contributed by atoms with Crippen molar-refractivity contribution in [3.05, 3.63) is 107 Å². The van der Waals surface area contributed by atoms with Crippen molar-refractivity contribution >= 4 is 16.7 Å². The lowest BCUT2D eigenvalue weighted by molar-refractivity contribution is 0.104. The van der Waals surface area contributed by atoms with Crippen LogP contribution in [0.1, 0.15) is 34.6 Å². The third-order valence-corrected chi connectivity index (χ3v) is 6.50. The maximum Gasteiger partial charge on any atom is 0.239 e. The second-order valence-electron chi connectivity index (χ2n) is 9.35. The molecule has 10 heteroatoms. The van der Waals surface area contributed by atoms with Crippen molar-refractivity contribution in [2.75, 3.05) is 6.61 Å². The van der Waals surface area contributed by atoms with E-state index in [1.807, 2.05) is 78.9 Å². The van der Waals surface area contributed by atoms with Gasteiger partial charge >= 0.3 is 0 Å². The summed E-state index contributed by atoms with van der Waals surface area (Å²) < 4.78 is 24.0. The van der Waals surface area contributed by atoms with Gasteiger partial charge < -0.3 is 18.9 Å². The van der Waals surface area contributed by atoms with Crippen LogP contribution in [-0.2, 0) is 31.0 Å². The Morgan fingerprint density at radius 2 is 1.90 bits per heavy atom. The minimum Gasteiger partial charge on any atom is -0.492 e. The van der Waals surface area contributed by atoms with Crippen molar-refractivity contribution in [3.8, 4) is 23.3 Å². The number of aromatic nitrogens is 5. The molecule has 41 heavy (non-hydrogen) atoms. The summed E-state index contributed by atoms with van der Waals surface area (Å²) in [5.41, 5.74) is 4.62. The Kier molecular flexibility index (Phi) is 7.78. The number of hydrogen-bond acceptors (Lipinski definition) is 9. The van der Waals surface area contributed by atoms with Crippen LogP contribution in [-0.4, -0.2) is 32.2 Å². The van der Waals surface area contributed by atoms with E-state index in [-0.39, 0.29) is 0 Å². The molecule has 1 aliphatic heterocycles. The topological polar surface area (TPSA) is 128 Å². The highest BCUT2D eigenvalue weighted by Gasteiger charge is 2.17. The molecule has 0 atom stereocenters. The van der Waals surface area contributed by atoms with E-state index in [1.54, 1.807) is 0 Å². The molecule has 0 spiro atoms. The van der Waals surface area contributed by atoms with Gasteiger partial charge in [0.15, 0.2) is 5.76 Å². The average molecular weight is 547 g/mol. The largest absolute Gasteiger partial charge is 0.492 e. The van der Waals surface area contributed by atoms with Crippen molar-refractivity contribution in [1.82, 2.24) is 25.6 Å². The summed E-state index contributed by atoms with van der Waals surface area (Å²) in [6.07, 6.45) is 2.94. The number of allylic oxidation sites excluding steroid dienone is 1. The third-order valence-electron chi connectivity index (χ3n) is 6.50. The van der Waals surface area contributed by atoms with Crippen molar-refractivity contribution in [2.24, 2.45) is 0 Å². The summed E-state index contributed by atoms with van der Waals surface area (Å²) in [4.78, 5) is 4.68. The molecule has 204 valence electrons. The molecule has 6 rings (SSSR count). The van der Waals surface area contributed by atoms with Crippen LogP contribution in [0.2, 0.25) is 0 Å². The molecule has 0 amide bonds. The molecule has 2 aromatic heterocycles. The highest BCUT2D eigenvalue weighted by atomic mass is 16.5. The number of para-hydroxylation sites is 1. The normalized spacial score (nSPS) is 12.2. The van der Waals surface area contributed by atoms with E-state index >= 15 is 0 Å². The zero-order valence-electron chi connectivity index (χ0n) is 22.1. The van der Waals surface area contributed by atoms with Crippen LogP contribution in [0.5, 0.6) is 17.2 Å². The number of pyridine rings is 1. The molecule has 3 heterocycles. The molecule has 0 radical (unpaired) electrons. The standard InChI is InChI=1S/C31H26N6O4/c32-14-3-15-39-28-13-11-26(40-20-25-10-8-22-4-1-2-5-27(22)33-25)17-24(28)19-38-18-21-6-7-23-9-12-29(41-30(23)16-21)31-34-36-37-35-31/h1-2,4-8,10-13,16-17H,3,9,15,18-20H2,(H,34,35,36,37). The highest BCUT2D eigenvalue weighted by Crippen LogP contribution is 2.31. The SMILES string of the molecule is N#CCCOc1ccc(OCc2ccc3ccccc3n2)cc1COCc1ccc2c(c1)OC(c1nn[nH]n1)=CC2. The van der Waals surface area contributed by atoms with E-state index in [2.05, 4.69) is 31.7 Å². The van der Waals surface area contributed by atoms with E-state index in [1.165, 1.54) is 0 Å². The van der Waals surface area contributed by atoms with Gasteiger partial charge in [-0.15, -0.1) is 10.2 Å². The summed E-state index contributed by atoms with van der Waals surface area (Å²) in [6.45, 7) is 1.28. The second kappa shape index (κ2) is 12.3. The monoisotopic (exact) mass is 546 g/mol. The number of hydrogen-bond donors (Lipinski definition) is 1. The van der Waals surface area contributed by atoms with Crippen LogP contribution in [0, 0.1) is 11.3 Å². The molecule has 3 aromatic carbocycles. The Balaban J connectivity index is 1.11. The van der Waals surface area contributed by atoms with Crippen LogP contribution in [0.15, 0.2) is 78.9 Å². The fraction of sp³-hybridized carbons (Fsp3) is 0.194. The lowest BCUT2D eigenvalue weighted by Crippen LogP contribution is -2.06. The minimum atomic E-state index is 0.291. The van der Waals surface area contributed by atoms with Crippen LogP contribution < -0.4 is 14.2 Å². The highest BCUT2D eigenvalue weighted by molar-refractivity contribution is 5.78. The summed E-state index contributed by atoms with van der Waals surface area (Å²) >= 11 is 0. The molecule has 0 saturated heterocycles. The van der Waals surface area contributed by atoms with E-state index in [0.29, 0.717) is 62.4 Å². The van der Waals surface area contributed by atoms with Crippen molar-refractivity contribution in [3.63, 3.8) is 0 Å². The number of aromatic amines is 1. The van der Waals surface area contributed by atoms with E-state index in [9.17, 15) is 0 Å². The van der Waals surface area contributed by atoms with Gasteiger partial charge in [0.2, 0.25) is 5.82 Å². The van der Waals surface area contributed by atoms with Crippen LogP contribution in [0.3, 0.4) is 0 Å². The number of ether oxygens (including phenoxy) is 4. The number of nitrogens with zero attached hydrogens (tertiary/aromatic N) is 5. The molecule has 0 fully saturated rings. The number of nitrogens with one attached hydrogen (secondary N) is 1. The predicted octanol–water partition coefficient (Wildman–Crippen LogP) is 5.31. The predicted molar refractivity (Wildman–Crippen MR) is 150 cm³/mol. The second-order valence-corrected chi connectivity index (χ2v) is 9.35. The van der Waals surface area contributed by atoms with Crippen LogP contribution in [0.4, 0.5) is 0 Å². The minimum absolute atomic E-state index is 0.291. The molecular formula is C31H26N6O4. The van der Waals surface area contributed by atoms with E-state index < -0.39 is 0 Å². The first kappa shape index (κ1) is 26.0. The first-order chi connectivity index (χ1) is 20.2. The van der Waals surface area contributed by atoms with Gasteiger partial charge in [-0.1, -0.05) is 36.4 Å². The summed E-state index contributed by atoms with van der Waals surface area (Å²) in [5.74, 6) is 3.06. The van der Waals surface area contributed by atoms with Crippen LogP contribution >= 0.6 is 0 Å². The Morgan fingerprint density at radius 3 is 2.80 bits per heavy atom. The van der Waals surface area contributed by atoms with E-state index in [4.69, 9.17) is 24.2 Å². The van der Waals surface area contributed by atoms with Gasteiger partial charge in [0, 0.05) is 10.9 Å². The molecule has 10 nitrogen and oxygen atoms in total. The lowest BCUT2D eigenvalue weighted by atomic mass is 10.1. The van der Waals surface area contributed by atoms with Gasteiger partial charge in [-0.3, -0.25) is 0 Å². The molecule has 0 saturated carbocycles. The number of fused-ring (bicyclic) bond motifs is 2. The van der Waals surface area contributed by atoms with Gasteiger partial charge in [0.05, 0.1) is 36.9 Å². The quantitative estimate of drug-likeness (QED) is 0.219. The van der Waals surface area contributed by atoms with Crippen LogP contribution in [0.25, 0.3) is 16.7 Å². The first-order valence-corrected chi connectivity index (χ1v) is 13.2. The summed E-state index contributed by atoms with van der Waals surface area (Å²) in [7, 11) is 0. The van der Waals surface area contributed by atoms with Gasteiger partial charge in [-0.05, 0) is 65.2 Å². The van der Waals surface area contributed by atoms with E-state index in [0.717, 1.165) is 39.0 Å². The number of nitriles is 1. The molecule has 0 bridgehead atoms. The molecule has 0 aliphatic carbocycles. The fourth-order valence-corrected chi connectivity index (χ4v) is 4.45. The number of H-pyrrole nitrogens is 1. The maximum atomic E-state index is 8.92. The average Bonchev–Trinajstić information content (AvgIpc) is 3.56.